The maximum absolute atomic E-state index is 12.3. The standard InChI is InChI=1S/C7H6FNO2.C6H14N2O2/c8-5-1-3-6(4-2-5)11-7(9)10;7-4-2-1-3-5(8)6(9)10/h1-4H,(H2,9,10);5H,1-4,7-8H2,(H,9,10). The highest BCUT2D eigenvalue weighted by molar-refractivity contribution is 5.72. The summed E-state index contributed by atoms with van der Waals surface area (Å²) in [6.45, 7) is 0.604. The summed E-state index contributed by atoms with van der Waals surface area (Å²) in [5.41, 5.74) is 15.1. The average molecular weight is 301 g/mol. The zero-order valence-corrected chi connectivity index (χ0v) is 11.5. The van der Waals surface area contributed by atoms with Crippen molar-refractivity contribution in [3.8, 4) is 5.75 Å². The first kappa shape index (κ1) is 18.8. The summed E-state index contributed by atoms with van der Waals surface area (Å²) >= 11 is 0. The summed E-state index contributed by atoms with van der Waals surface area (Å²) in [5.74, 6) is -1.09. The molecule has 0 spiro atoms. The third-order valence-electron chi connectivity index (χ3n) is 2.32. The largest absolute Gasteiger partial charge is 0.480 e. The van der Waals surface area contributed by atoms with Gasteiger partial charge in [-0.25, -0.2) is 9.18 Å². The Morgan fingerprint density at radius 2 is 1.81 bits per heavy atom. The van der Waals surface area contributed by atoms with E-state index in [2.05, 4.69) is 4.74 Å². The quantitative estimate of drug-likeness (QED) is 0.573. The van der Waals surface area contributed by atoms with Crippen LogP contribution in [-0.4, -0.2) is 29.8 Å². The Bertz CT molecular complexity index is 440. The van der Waals surface area contributed by atoms with Gasteiger partial charge in [0.05, 0.1) is 0 Å². The third kappa shape index (κ3) is 10.3. The highest BCUT2D eigenvalue weighted by atomic mass is 19.1. The Balaban J connectivity index is 0.000000384. The second-order valence-corrected chi connectivity index (χ2v) is 4.10. The van der Waals surface area contributed by atoms with Crippen molar-refractivity contribution in [2.75, 3.05) is 6.54 Å². The van der Waals surface area contributed by atoms with Gasteiger partial charge >= 0.3 is 12.1 Å². The van der Waals surface area contributed by atoms with Gasteiger partial charge in [-0.3, -0.25) is 4.79 Å². The van der Waals surface area contributed by atoms with Crippen LogP contribution in [0, 0.1) is 5.82 Å². The normalized spacial score (nSPS) is 11.0. The summed E-state index contributed by atoms with van der Waals surface area (Å²) in [6.07, 6.45) is 1.26. The van der Waals surface area contributed by atoms with E-state index in [0.29, 0.717) is 13.0 Å². The summed E-state index contributed by atoms with van der Waals surface area (Å²) in [6, 6.07) is 4.28. The molecule has 0 heterocycles. The molecule has 0 saturated carbocycles. The van der Waals surface area contributed by atoms with Crippen molar-refractivity contribution in [3.63, 3.8) is 0 Å². The molecule has 0 aliphatic heterocycles. The van der Waals surface area contributed by atoms with Crippen LogP contribution in [0.5, 0.6) is 5.75 Å². The lowest BCUT2D eigenvalue weighted by atomic mass is 10.1. The van der Waals surface area contributed by atoms with Gasteiger partial charge in [0.2, 0.25) is 0 Å². The fourth-order valence-corrected chi connectivity index (χ4v) is 1.25. The van der Waals surface area contributed by atoms with E-state index in [9.17, 15) is 14.0 Å². The van der Waals surface area contributed by atoms with Crippen LogP contribution in [0.1, 0.15) is 19.3 Å². The second-order valence-electron chi connectivity index (χ2n) is 4.10. The number of primary amides is 1. The van der Waals surface area contributed by atoms with Gasteiger partial charge in [0.25, 0.3) is 0 Å². The number of hydrogen-bond donors (Lipinski definition) is 4. The molecule has 1 amide bonds. The summed E-state index contributed by atoms with van der Waals surface area (Å²) < 4.78 is 16.7. The van der Waals surface area contributed by atoms with E-state index in [1.54, 1.807) is 0 Å². The fraction of sp³-hybridized carbons (Fsp3) is 0.385. The number of carbonyl (C=O) groups excluding carboxylic acids is 1. The van der Waals surface area contributed by atoms with E-state index in [4.69, 9.17) is 22.3 Å². The van der Waals surface area contributed by atoms with Gasteiger partial charge < -0.3 is 27.0 Å². The molecule has 0 radical (unpaired) electrons. The average Bonchev–Trinajstić information content (AvgIpc) is 2.41. The summed E-state index contributed by atoms with van der Waals surface area (Å²) in [7, 11) is 0. The first-order chi connectivity index (χ1) is 9.86. The van der Waals surface area contributed by atoms with Crippen molar-refractivity contribution in [3.05, 3.63) is 30.1 Å². The predicted molar refractivity (Wildman–Crippen MR) is 75.1 cm³/mol. The molecule has 8 heteroatoms. The van der Waals surface area contributed by atoms with Gasteiger partial charge in [-0.1, -0.05) is 6.42 Å². The van der Waals surface area contributed by atoms with E-state index in [0.717, 1.165) is 12.8 Å². The molecule has 0 bridgehead atoms. The van der Waals surface area contributed by atoms with E-state index < -0.39 is 18.1 Å². The van der Waals surface area contributed by atoms with E-state index in [-0.39, 0.29) is 11.6 Å². The van der Waals surface area contributed by atoms with Crippen LogP contribution in [0.4, 0.5) is 9.18 Å². The lowest BCUT2D eigenvalue weighted by Gasteiger charge is -2.03. The molecule has 7 N–H and O–H groups in total. The van der Waals surface area contributed by atoms with E-state index in [1.165, 1.54) is 24.3 Å². The molecule has 1 aromatic rings. The number of ether oxygens (including phenoxy) is 1. The molecular weight excluding hydrogens is 281 g/mol. The topological polar surface area (TPSA) is 142 Å². The Morgan fingerprint density at radius 1 is 1.24 bits per heavy atom. The Hall–Kier alpha value is -2.19. The SMILES string of the molecule is NC(=O)Oc1ccc(F)cc1.NCCCCC(N)C(=O)O. The monoisotopic (exact) mass is 301 g/mol. The number of rotatable bonds is 6. The van der Waals surface area contributed by atoms with Gasteiger partial charge in [0, 0.05) is 0 Å². The van der Waals surface area contributed by atoms with Crippen LogP contribution in [0.25, 0.3) is 0 Å². The number of unbranched alkanes of at least 4 members (excludes halogenated alkanes) is 1. The molecule has 0 aliphatic rings. The number of nitrogens with two attached hydrogens (primary N) is 3. The molecule has 1 unspecified atom stereocenters. The van der Waals surface area contributed by atoms with Crippen molar-refractivity contribution < 1.29 is 23.8 Å². The zero-order valence-electron chi connectivity index (χ0n) is 11.5. The maximum Gasteiger partial charge on any atom is 0.409 e. The fourth-order valence-electron chi connectivity index (χ4n) is 1.25. The Kier molecular flexibility index (Phi) is 9.48. The molecule has 7 nitrogen and oxygen atoms in total. The first-order valence-electron chi connectivity index (χ1n) is 6.28. The van der Waals surface area contributed by atoms with E-state index >= 15 is 0 Å². The number of benzene rings is 1. The lowest BCUT2D eigenvalue weighted by molar-refractivity contribution is -0.138. The van der Waals surface area contributed by atoms with Crippen LogP contribution in [0.3, 0.4) is 0 Å². The number of hydrogen-bond acceptors (Lipinski definition) is 5. The molecule has 0 aromatic heterocycles. The molecule has 21 heavy (non-hydrogen) atoms. The van der Waals surface area contributed by atoms with Crippen LogP contribution >= 0.6 is 0 Å². The number of carbonyl (C=O) groups is 2. The zero-order chi connectivity index (χ0) is 16.3. The molecule has 0 aliphatic carbocycles. The van der Waals surface area contributed by atoms with Crippen LogP contribution < -0.4 is 21.9 Å². The van der Waals surface area contributed by atoms with Crippen molar-refractivity contribution in [1.29, 1.82) is 0 Å². The molecule has 0 fully saturated rings. The van der Waals surface area contributed by atoms with Gasteiger partial charge in [0.1, 0.15) is 17.6 Å². The number of aliphatic carboxylic acids is 1. The van der Waals surface area contributed by atoms with Crippen molar-refractivity contribution in [2.24, 2.45) is 17.2 Å². The molecular formula is C13H20FN3O4. The highest BCUT2D eigenvalue weighted by Crippen LogP contribution is 2.10. The first-order valence-corrected chi connectivity index (χ1v) is 6.28. The smallest absolute Gasteiger partial charge is 0.409 e. The van der Waals surface area contributed by atoms with Gasteiger partial charge in [-0.05, 0) is 43.7 Å². The minimum atomic E-state index is -0.933. The molecule has 1 aromatic carbocycles. The van der Waals surface area contributed by atoms with Gasteiger partial charge in [0.15, 0.2) is 0 Å². The third-order valence-corrected chi connectivity index (χ3v) is 2.32. The van der Waals surface area contributed by atoms with Gasteiger partial charge in [-0.15, -0.1) is 0 Å². The van der Waals surface area contributed by atoms with Crippen LogP contribution in [0.2, 0.25) is 0 Å². The highest BCUT2D eigenvalue weighted by Gasteiger charge is 2.09. The van der Waals surface area contributed by atoms with E-state index in [1.807, 2.05) is 0 Å². The Labute approximate surface area is 121 Å². The second kappa shape index (κ2) is 10.6. The van der Waals surface area contributed by atoms with Crippen LogP contribution in [0.15, 0.2) is 24.3 Å². The maximum atomic E-state index is 12.3. The molecule has 0 saturated heterocycles. The molecule has 1 rings (SSSR count). The number of amides is 1. The minimum absolute atomic E-state index is 0.235. The predicted octanol–water partition coefficient (Wildman–Crippen LogP) is 0.811. The summed E-state index contributed by atoms with van der Waals surface area (Å²) in [5, 5.41) is 8.33. The number of carboxylic acid groups (broad SMARTS) is 1. The van der Waals surface area contributed by atoms with Crippen molar-refractivity contribution >= 4 is 12.1 Å². The molecule has 118 valence electrons. The number of carboxylic acids is 1. The van der Waals surface area contributed by atoms with Crippen molar-refractivity contribution in [1.82, 2.24) is 0 Å². The lowest BCUT2D eigenvalue weighted by Crippen LogP contribution is -2.29. The minimum Gasteiger partial charge on any atom is -0.480 e. The molecule has 1 atom stereocenters. The Morgan fingerprint density at radius 3 is 2.24 bits per heavy atom. The van der Waals surface area contributed by atoms with Crippen LogP contribution in [-0.2, 0) is 4.79 Å². The van der Waals surface area contributed by atoms with Gasteiger partial charge in [-0.2, -0.15) is 0 Å². The summed E-state index contributed by atoms with van der Waals surface area (Å²) in [4.78, 5) is 20.3. The van der Waals surface area contributed by atoms with Crippen molar-refractivity contribution in [2.45, 2.75) is 25.3 Å². The number of halogens is 1.